The minimum atomic E-state index is 0.309. The lowest BCUT2D eigenvalue weighted by Crippen LogP contribution is -2.09. The van der Waals surface area contributed by atoms with E-state index in [0.717, 1.165) is 11.3 Å². The van der Waals surface area contributed by atoms with Crippen LogP contribution in [0.4, 0.5) is 0 Å². The quantitative estimate of drug-likeness (QED) is 0.832. The predicted octanol–water partition coefficient (Wildman–Crippen LogP) is 2.92. The fourth-order valence-electron chi connectivity index (χ4n) is 1.80. The highest BCUT2D eigenvalue weighted by Crippen LogP contribution is 2.24. The maximum Gasteiger partial charge on any atom is 0.124 e. The van der Waals surface area contributed by atoms with Crippen LogP contribution in [0.5, 0.6) is 17.2 Å². The second-order valence-electron chi connectivity index (χ2n) is 4.40. The van der Waals surface area contributed by atoms with Crippen LogP contribution in [0.1, 0.15) is 11.1 Å². The Morgan fingerprint density at radius 2 is 1.57 bits per heavy atom. The first-order valence-corrected chi connectivity index (χ1v) is 6.78. The maximum atomic E-state index is 5.76. The molecule has 5 heteroatoms. The number of hydrogen-bond acceptors (Lipinski definition) is 4. The van der Waals surface area contributed by atoms with E-state index in [-0.39, 0.29) is 0 Å². The van der Waals surface area contributed by atoms with Crippen LogP contribution < -0.4 is 19.9 Å². The number of nitrogens with two attached hydrogens (primary N) is 1. The molecule has 2 aromatic carbocycles. The third-order valence-electron chi connectivity index (χ3n) is 2.96. The Morgan fingerprint density at radius 1 is 0.952 bits per heavy atom. The van der Waals surface area contributed by atoms with Crippen LogP contribution in [-0.4, -0.2) is 19.2 Å². The standard InChI is InChI=1S/C16H17NO3S/c1-18-13-5-3-11(4-6-13)10-20-15-8-12(16(17)21)7-14(9-15)19-2/h3-9H,10H2,1-2H3,(H2,17,21). The van der Waals surface area contributed by atoms with Gasteiger partial charge in [-0.2, -0.15) is 0 Å². The molecule has 0 unspecified atom stereocenters. The van der Waals surface area contributed by atoms with Crippen molar-refractivity contribution in [2.45, 2.75) is 6.61 Å². The number of ether oxygens (including phenoxy) is 3. The van der Waals surface area contributed by atoms with E-state index in [1.165, 1.54) is 0 Å². The van der Waals surface area contributed by atoms with Crippen LogP contribution in [-0.2, 0) is 6.61 Å². The Labute approximate surface area is 129 Å². The molecule has 0 atom stereocenters. The first-order chi connectivity index (χ1) is 10.1. The van der Waals surface area contributed by atoms with Crippen LogP contribution in [0.15, 0.2) is 42.5 Å². The van der Waals surface area contributed by atoms with Gasteiger partial charge < -0.3 is 19.9 Å². The second-order valence-corrected chi connectivity index (χ2v) is 4.84. The van der Waals surface area contributed by atoms with Gasteiger partial charge in [0, 0.05) is 11.6 Å². The van der Waals surface area contributed by atoms with Crippen molar-refractivity contribution in [1.82, 2.24) is 0 Å². The molecule has 0 saturated heterocycles. The SMILES string of the molecule is COc1ccc(COc2cc(OC)cc(C(N)=S)c2)cc1. The normalized spacial score (nSPS) is 10.0. The minimum Gasteiger partial charge on any atom is -0.497 e. The lowest BCUT2D eigenvalue weighted by atomic mass is 10.2. The zero-order valence-electron chi connectivity index (χ0n) is 12.0. The fourth-order valence-corrected chi connectivity index (χ4v) is 1.92. The Morgan fingerprint density at radius 3 is 2.14 bits per heavy atom. The van der Waals surface area contributed by atoms with Gasteiger partial charge in [-0.3, -0.25) is 0 Å². The zero-order chi connectivity index (χ0) is 15.2. The lowest BCUT2D eigenvalue weighted by Gasteiger charge is -2.10. The van der Waals surface area contributed by atoms with E-state index in [1.807, 2.05) is 24.3 Å². The third kappa shape index (κ3) is 4.10. The monoisotopic (exact) mass is 303 g/mol. The average Bonchev–Trinajstić information content (AvgIpc) is 2.53. The summed E-state index contributed by atoms with van der Waals surface area (Å²) in [6, 6.07) is 13.1. The van der Waals surface area contributed by atoms with Crippen LogP contribution in [0.3, 0.4) is 0 Å². The number of rotatable bonds is 6. The van der Waals surface area contributed by atoms with Crippen LogP contribution in [0.2, 0.25) is 0 Å². The number of methoxy groups -OCH3 is 2. The highest BCUT2D eigenvalue weighted by molar-refractivity contribution is 7.80. The molecule has 0 aliphatic carbocycles. The lowest BCUT2D eigenvalue weighted by molar-refractivity contribution is 0.303. The van der Waals surface area contributed by atoms with Gasteiger partial charge in [-0.25, -0.2) is 0 Å². The van der Waals surface area contributed by atoms with Gasteiger partial charge in [-0.05, 0) is 29.8 Å². The fraction of sp³-hybridized carbons (Fsp3) is 0.188. The van der Waals surface area contributed by atoms with Crippen molar-refractivity contribution in [3.8, 4) is 17.2 Å². The van der Waals surface area contributed by atoms with Crippen molar-refractivity contribution in [2.75, 3.05) is 14.2 Å². The highest BCUT2D eigenvalue weighted by Gasteiger charge is 2.05. The van der Waals surface area contributed by atoms with Crippen molar-refractivity contribution in [1.29, 1.82) is 0 Å². The summed E-state index contributed by atoms with van der Waals surface area (Å²) >= 11 is 4.99. The summed E-state index contributed by atoms with van der Waals surface area (Å²) < 4.78 is 16.1. The first kappa shape index (κ1) is 15.1. The number of thiocarbonyl (C=S) groups is 1. The molecule has 0 aliphatic rings. The second kappa shape index (κ2) is 6.95. The molecule has 21 heavy (non-hydrogen) atoms. The van der Waals surface area contributed by atoms with E-state index in [0.29, 0.717) is 28.7 Å². The Balaban J connectivity index is 2.11. The first-order valence-electron chi connectivity index (χ1n) is 6.37. The van der Waals surface area contributed by atoms with Crippen molar-refractivity contribution in [3.63, 3.8) is 0 Å². The van der Waals surface area contributed by atoms with E-state index < -0.39 is 0 Å². The molecule has 2 aromatic rings. The van der Waals surface area contributed by atoms with Crippen molar-refractivity contribution in [2.24, 2.45) is 5.73 Å². The summed E-state index contributed by atoms with van der Waals surface area (Å²) in [5.74, 6) is 2.13. The minimum absolute atomic E-state index is 0.309. The Bertz CT molecular complexity index is 626. The van der Waals surface area contributed by atoms with Crippen molar-refractivity contribution >= 4 is 17.2 Å². The van der Waals surface area contributed by atoms with Gasteiger partial charge in [-0.1, -0.05) is 24.4 Å². The summed E-state index contributed by atoms with van der Waals surface area (Å²) in [4.78, 5) is 0.309. The summed E-state index contributed by atoms with van der Waals surface area (Å²) in [5, 5.41) is 0. The zero-order valence-corrected chi connectivity index (χ0v) is 12.8. The van der Waals surface area contributed by atoms with Crippen molar-refractivity contribution in [3.05, 3.63) is 53.6 Å². The molecule has 0 fully saturated rings. The summed E-state index contributed by atoms with van der Waals surface area (Å²) in [7, 11) is 3.23. The maximum absolute atomic E-state index is 5.76. The van der Waals surface area contributed by atoms with E-state index >= 15 is 0 Å². The molecule has 0 heterocycles. The van der Waals surface area contributed by atoms with Gasteiger partial charge in [0.15, 0.2) is 0 Å². The molecule has 4 nitrogen and oxygen atoms in total. The molecule has 110 valence electrons. The van der Waals surface area contributed by atoms with E-state index in [4.69, 9.17) is 32.2 Å². The summed E-state index contributed by atoms with van der Waals surface area (Å²) in [6.45, 7) is 0.438. The molecule has 0 bridgehead atoms. The predicted molar refractivity (Wildman–Crippen MR) is 86.2 cm³/mol. The third-order valence-corrected chi connectivity index (χ3v) is 3.20. The molecule has 0 saturated carbocycles. The molecule has 0 spiro atoms. The van der Waals surface area contributed by atoms with Crippen LogP contribution in [0.25, 0.3) is 0 Å². The van der Waals surface area contributed by atoms with E-state index in [2.05, 4.69) is 0 Å². The van der Waals surface area contributed by atoms with Gasteiger partial charge in [0.2, 0.25) is 0 Å². The molecule has 0 radical (unpaired) electrons. The summed E-state index contributed by atoms with van der Waals surface area (Å²) in [5.41, 5.74) is 7.41. The Kier molecular flexibility index (Phi) is 5.00. The molecular formula is C16H17NO3S. The van der Waals surface area contributed by atoms with Crippen LogP contribution >= 0.6 is 12.2 Å². The number of hydrogen-bond donors (Lipinski definition) is 1. The smallest absolute Gasteiger partial charge is 0.124 e. The molecule has 0 aliphatic heterocycles. The van der Waals surface area contributed by atoms with Gasteiger partial charge in [0.25, 0.3) is 0 Å². The topological polar surface area (TPSA) is 53.7 Å². The molecule has 0 aromatic heterocycles. The van der Waals surface area contributed by atoms with Gasteiger partial charge >= 0.3 is 0 Å². The average molecular weight is 303 g/mol. The van der Waals surface area contributed by atoms with E-state index in [9.17, 15) is 0 Å². The molecule has 0 amide bonds. The van der Waals surface area contributed by atoms with Crippen molar-refractivity contribution < 1.29 is 14.2 Å². The molecular weight excluding hydrogens is 286 g/mol. The Hall–Kier alpha value is -2.27. The molecule has 2 rings (SSSR count). The molecule has 2 N–H and O–H groups in total. The largest absolute Gasteiger partial charge is 0.497 e. The van der Waals surface area contributed by atoms with Gasteiger partial charge in [-0.15, -0.1) is 0 Å². The van der Waals surface area contributed by atoms with Gasteiger partial charge in [0.05, 0.1) is 14.2 Å². The van der Waals surface area contributed by atoms with Crippen LogP contribution in [0, 0.1) is 0 Å². The van der Waals surface area contributed by atoms with E-state index in [1.54, 1.807) is 32.4 Å². The summed E-state index contributed by atoms with van der Waals surface area (Å²) in [6.07, 6.45) is 0. The highest BCUT2D eigenvalue weighted by atomic mass is 32.1. The number of benzene rings is 2. The van der Waals surface area contributed by atoms with Gasteiger partial charge in [0.1, 0.15) is 28.8 Å².